The van der Waals surface area contributed by atoms with Crippen LogP contribution >= 0.6 is 0 Å². The second-order valence-corrected chi connectivity index (χ2v) is 6.67. The molecule has 0 spiro atoms. The number of anilines is 1. The van der Waals surface area contributed by atoms with E-state index in [2.05, 4.69) is 0 Å². The third-order valence-corrected chi connectivity index (χ3v) is 4.78. The van der Waals surface area contributed by atoms with Crippen molar-refractivity contribution in [2.45, 2.75) is 11.3 Å². The Morgan fingerprint density at radius 2 is 1.57 bits per heavy atom. The van der Waals surface area contributed by atoms with E-state index in [0.29, 0.717) is 12.1 Å². The molecule has 0 fully saturated rings. The van der Waals surface area contributed by atoms with Gasteiger partial charge in [0.1, 0.15) is 0 Å². The second-order valence-electron chi connectivity index (χ2n) is 4.56. The van der Waals surface area contributed by atoms with Crippen LogP contribution in [-0.2, 0) is 16.3 Å². The van der Waals surface area contributed by atoms with Crippen molar-refractivity contribution in [2.75, 3.05) is 11.5 Å². The monoisotopic (exact) mass is 306 g/mol. The SMILES string of the molecule is Nc1ccc(S(=O)(=O)CCc2ccc([N+](=O)[O-])cc2)cc1. The maximum atomic E-state index is 12.1. The lowest BCUT2D eigenvalue weighted by Gasteiger charge is -2.05. The average Bonchev–Trinajstić information content (AvgIpc) is 2.46. The van der Waals surface area contributed by atoms with Gasteiger partial charge in [0.15, 0.2) is 9.84 Å². The van der Waals surface area contributed by atoms with Crippen LogP contribution in [0.2, 0.25) is 0 Å². The molecule has 110 valence electrons. The maximum absolute atomic E-state index is 12.1. The molecule has 0 saturated heterocycles. The van der Waals surface area contributed by atoms with E-state index < -0.39 is 14.8 Å². The zero-order valence-electron chi connectivity index (χ0n) is 11.1. The summed E-state index contributed by atoms with van der Waals surface area (Å²) in [6.07, 6.45) is 0.296. The number of nitrogens with zero attached hydrogens (tertiary/aromatic N) is 1. The van der Waals surface area contributed by atoms with Gasteiger partial charge in [0.25, 0.3) is 5.69 Å². The molecule has 0 bridgehead atoms. The van der Waals surface area contributed by atoms with Gasteiger partial charge in [-0.3, -0.25) is 10.1 Å². The quantitative estimate of drug-likeness (QED) is 0.518. The van der Waals surface area contributed by atoms with Gasteiger partial charge in [-0.15, -0.1) is 0 Å². The summed E-state index contributed by atoms with van der Waals surface area (Å²) in [6, 6.07) is 11.9. The summed E-state index contributed by atoms with van der Waals surface area (Å²) in [5.41, 5.74) is 6.75. The van der Waals surface area contributed by atoms with Crippen molar-refractivity contribution in [2.24, 2.45) is 0 Å². The number of aryl methyl sites for hydroxylation is 1. The van der Waals surface area contributed by atoms with Gasteiger partial charge < -0.3 is 5.73 Å². The smallest absolute Gasteiger partial charge is 0.269 e. The third kappa shape index (κ3) is 3.79. The van der Waals surface area contributed by atoms with Gasteiger partial charge in [0.2, 0.25) is 0 Å². The molecule has 0 saturated carbocycles. The molecule has 7 heteroatoms. The molecular weight excluding hydrogens is 292 g/mol. The van der Waals surface area contributed by atoms with Crippen molar-refractivity contribution in [1.29, 1.82) is 0 Å². The summed E-state index contributed by atoms with van der Waals surface area (Å²) < 4.78 is 24.3. The Bertz CT molecular complexity index is 738. The fourth-order valence-electron chi connectivity index (χ4n) is 1.83. The zero-order chi connectivity index (χ0) is 15.5. The normalized spacial score (nSPS) is 11.2. The van der Waals surface area contributed by atoms with Crippen LogP contribution in [0.4, 0.5) is 11.4 Å². The number of benzene rings is 2. The third-order valence-electron chi connectivity index (χ3n) is 3.05. The van der Waals surface area contributed by atoms with Gasteiger partial charge in [-0.2, -0.15) is 0 Å². The number of nitrogens with two attached hydrogens (primary N) is 1. The lowest BCUT2D eigenvalue weighted by atomic mass is 10.1. The summed E-state index contributed by atoms with van der Waals surface area (Å²) in [6.45, 7) is 0. The molecular formula is C14H14N2O4S. The predicted molar refractivity (Wildman–Crippen MR) is 79.7 cm³/mol. The van der Waals surface area contributed by atoms with Crippen LogP contribution in [0, 0.1) is 10.1 Å². The summed E-state index contributed by atoms with van der Waals surface area (Å²) >= 11 is 0. The molecule has 2 aromatic carbocycles. The van der Waals surface area contributed by atoms with Gasteiger partial charge >= 0.3 is 0 Å². The number of non-ortho nitro benzene ring substituents is 1. The van der Waals surface area contributed by atoms with Gasteiger partial charge in [0, 0.05) is 17.8 Å². The largest absolute Gasteiger partial charge is 0.399 e. The van der Waals surface area contributed by atoms with Gasteiger partial charge in [0.05, 0.1) is 15.6 Å². The number of nitro benzene ring substituents is 1. The molecule has 0 radical (unpaired) electrons. The molecule has 2 N–H and O–H groups in total. The minimum absolute atomic E-state index is 0.0138. The van der Waals surface area contributed by atoms with E-state index in [1.807, 2.05) is 0 Å². The number of sulfone groups is 1. The first-order valence-electron chi connectivity index (χ1n) is 6.20. The Kier molecular flexibility index (Phi) is 4.23. The van der Waals surface area contributed by atoms with Crippen LogP contribution in [0.15, 0.2) is 53.4 Å². The van der Waals surface area contributed by atoms with Crippen molar-refractivity contribution < 1.29 is 13.3 Å². The van der Waals surface area contributed by atoms with E-state index in [4.69, 9.17) is 5.73 Å². The summed E-state index contributed by atoms with van der Waals surface area (Å²) in [5, 5.41) is 10.5. The number of nitrogen functional groups attached to an aromatic ring is 1. The lowest BCUT2D eigenvalue weighted by Crippen LogP contribution is -2.09. The molecule has 21 heavy (non-hydrogen) atoms. The Balaban J connectivity index is 2.08. The lowest BCUT2D eigenvalue weighted by molar-refractivity contribution is -0.384. The highest BCUT2D eigenvalue weighted by Crippen LogP contribution is 2.16. The van der Waals surface area contributed by atoms with Crippen LogP contribution in [0.25, 0.3) is 0 Å². The highest BCUT2D eigenvalue weighted by molar-refractivity contribution is 7.91. The van der Waals surface area contributed by atoms with Crippen LogP contribution < -0.4 is 5.73 Å². The highest BCUT2D eigenvalue weighted by Gasteiger charge is 2.14. The first-order valence-corrected chi connectivity index (χ1v) is 7.85. The molecule has 0 heterocycles. The summed E-state index contributed by atoms with van der Waals surface area (Å²) in [4.78, 5) is 10.3. The fraction of sp³-hybridized carbons (Fsp3) is 0.143. The van der Waals surface area contributed by atoms with Gasteiger partial charge in [-0.1, -0.05) is 12.1 Å². The molecule has 0 aliphatic rings. The van der Waals surface area contributed by atoms with Crippen LogP contribution in [0.3, 0.4) is 0 Å². The number of hydrogen-bond acceptors (Lipinski definition) is 5. The number of hydrogen-bond donors (Lipinski definition) is 1. The molecule has 0 aliphatic heterocycles. The summed E-state index contributed by atoms with van der Waals surface area (Å²) in [7, 11) is -3.39. The van der Waals surface area contributed by atoms with Crippen molar-refractivity contribution in [3.8, 4) is 0 Å². The molecule has 0 aliphatic carbocycles. The van der Waals surface area contributed by atoms with Crippen molar-refractivity contribution in [3.05, 3.63) is 64.2 Å². The topological polar surface area (TPSA) is 103 Å². The molecule has 6 nitrogen and oxygen atoms in total. The molecule has 0 atom stereocenters. The van der Waals surface area contributed by atoms with E-state index >= 15 is 0 Å². The Hall–Kier alpha value is -2.41. The van der Waals surface area contributed by atoms with E-state index in [1.54, 1.807) is 24.3 Å². The first-order chi connectivity index (χ1) is 9.88. The van der Waals surface area contributed by atoms with Crippen molar-refractivity contribution in [3.63, 3.8) is 0 Å². The Labute approximate surface area is 122 Å². The number of rotatable bonds is 5. The zero-order valence-corrected chi connectivity index (χ0v) is 11.9. The second kappa shape index (κ2) is 5.92. The number of nitro groups is 1. The average molecular weight is 306 g/mol. The van der Waals surface area contributed by atoms with Crippen LogP contribution in [-0.4, -0.2) is 19.1 Å². The van der Waals surface area contributed by atoms with E-state index in [-0.39, 0.29) is 16.3 Å². The minimum Gasteiger partial charge on any atom is -0.399 e. The molecule has 0 unspecified atom stereocenters. The van der Waals surface area contributed by atoms with Crippen molar-refractivity contribution in [1.82, 2.24) is 0 Å². The Morgan fingerprint density at radius 1 is 1.00 bits per heavy atom. The highest BCUT2D eigenvalue weighted by atomic mass is 32.2. The van der Waals surface area contributed by atoms with E-state index in [1.165, 1.54) is 24.3 Å². The maximum Gasteiger partial charge on any atom is 0.269 e. The minimum atomic E-state index is -3.39. The molecule has 0 aromatic heterocycles. The Morgan fingerprint density at radius 3 is 2.10 bits per heavy atom. The van der Waals surface area contributed by atoms with Crippen LogP contribution in [0.1, 0.15) is 5.56 Å². The van der Waals surface area contributed by atoms with Gasteiger partial charge in [-0.25, -0.2) is 8.42 Å². The molecule has 2 rings (SSSR count). The van der Waals surface area contributed by atoms with E-state index in [0.717, 1.165) is 5.56 Å². The molecule has 0 amide bonds. The van der Waals surface area contributed by atoms with E-state index in [9.17, 15) is 18.5 Å². The van der Waals surface area contributed by atoms with Gasteiger partial charge in [-0.05, 0) is 36.2 Å². The first kappa shape index (κ1) is 15.0. The fourth-order valence-corrected chi connectivity index (χ4v) is 3.12. The van der Waals surface area contributed by atoms with Crippen LogP contribution in [0.5, 0.6) is 0 Å². The summed E-state index contributed by atoms with van der Waals surface area (Å²) in [5.74, 6) is -0.0608. The predicted octanol–water partition coefficient (Wildman–Crippen LogP) is 2.19. The van der Waals surface area contributed by atoms with Crippen molar-refractivity contribution >= 4 is 21.2 Å². The molecule has 2 aromatic rings. The standard InChI is InChI=1S/C14H14N2O4S/c15-12-3-7-14(8-4-12)21(19,20)10-9-11-1-5-13(6-2-11)16(17)18/h1-8H,9-10,15H2.